The largest absolute Gasteiger partial charge is 0.491 e. The Morgan fingerprint density at radius 2 is 0.943 bits per heavy atom. The lowest BCUT2D eigenvalue weighted by atomic mass is 9.99. The molecule has 0 spiro atoms. The summed E-state index contributed by atoms with van der Waals surface area (Å²) in [4.78, 5) is 0. The van der Waals surface area contributed by atoms with Crippen molar-refractivity contribution in [2.45, 2.75) is 24.4 Å². The van der Waals surface area contributed by atoms with Crippen LogP contribution in [0.3, 0.4) is 0 Å². The second kappa shape index (κ2) is 11.4. The van der Waals surface area contributed by atoms with Gasteiger partial charge >= 0.3 is 0 Å². The fourth-order valence-electron chi connectivity index (χ4n) is 4.04. The van der Waals surface area contributed by atoms with Crippen molar-refractivity contribution < 1.29 is 23.7 Å². The van der Waals surface area contributed by atoms with Crippen molar-refractivity contribution in [3.8, 4) is 23.0 Å². The van der Waals surface area contributed by atoms with E-state index in [2.05, 4.69) is 0 Å². The Kier molecular flexibility index (Phi) is 7.46. The van der Waals surface area contributed by atoms with Gasteiger partial charge in [-0.05, 0) is 48.5 Å². The van der Waals surface area contributed by atoms with Gasteiger partial charge in [-0.2, -0.15) is 0 Å². The highest BCUT2D eigenvalue weighted by Crippen LogP contribution is 2.29. The molecule has 1 saturated heterocycles. The van der Waals surface area contributed by atoms with Gasteiger partial charge in [0.15, 0.2) is 18.3 Å². The zero-order valence-corrected chi connectivity index (χ0v) is 19.3. The van der Waals surface area contributed by atoms with Crippen molar-refractivity contribution in [1.29, 1.82) is 0 Å². The summed E-state index contributed by atoms with van der Waals surface area (Å²) in [5.74, 6) is 3.00. The molecular weight excluding hydrogens is 440 g/mol. The SMILES string of the molecule is c1ccc(OC[C@H]2OC[C@H](Oc3ccccc3)[C@@H](Oc3ccccc3)[C@@H]2Oc2ccccc2)cc1. The highest BCUT2D eigenvalue weighted by atomic mass is 16.6. The van der Waals surface area contributed by atoms with Crippen LogP contribution in [0.1, 0.15) is 0 Å². The minimum absolute atomic E-state index is 0.314. The predicted octanol–water partition coefficient (Wildman–Crippen LogP) is 5.81. The van der Waals surface area contributed by atoms with Crippen LogP contribution in [-0.2, 0) is 4.74 Å². The van der Waals surface area contributed by atoms with Crippen LogP contribution >= 0.6 is 0 Å². The lowest BCUT2D eigenvalue weighted by Gasteiger charge is -2.42. The first kappa shape index (κ1) is 22.8. The summed E-state index contributed by atoms with van der Waals surface area (Å²) >= 11 is 0. The van der Waals surface area contributed by atoms with E-state index < -0.39 is 12.2 Å². The second-order valence-electron chi connectivity index (χ2n) is 8.26. The molecule has 0 saturated carbocycles. The molecule has 4 aromatic rings. The minimum atomic E-state index is -0.483. The van der Waals surface area contributed by atoms with Crippen LogP contribution in [0.25, 0.3) is 0 Å². The van der Waals surface area contributed by atoms with E-state index in [1.807, 2.05) is 121 Å². The third-order valence-electron chi connectivity index (χ3n) is 5.75. The molecule has 0 amide bonds. The minimum Gasteiger partial charge on any atom is -0.491 e. The van der Waals surface area contributed by atoms with E-state index in [1.54, 1.807) is 0 Å². The van der Waals surface area contributed by atoms with Gasteiger partial charge in [0.25, 0.3) is 0 Å². The van der Waals surface area contributed by atoms with Crippen molar-refractivity contribution in [2.75, 3.05) is 13.2 Å². The second-order valence-corrected chi connectivity index (χ2v) is 8.26. The van der Waals surface area contributed by atoms with E-state index in [9.17, 15) is 0 Å². The molecule has 178 valence electrons. The number of rotatable bonds is 9. The molecule has 0 aromatic heterocycles. The third-order valence-corrected chi connectivity index (χ3v) is 5.75. The quantitative estimate of drug-likeness (QED) is 0.310. The van der Waals surface area contributed by atoms with Gasteiger partial charge in [-0.15, -0.1) is 0 Å². The molecule has 35 heavy (non-hydrogen) atoms. The first-order valence-electron chi connectivity index (χ1n) is 11.8. The molecule has 0 unspecified atom stereocenters. The smallest absolute Gasteiger partial charge is 0.177 e. The monoisotopic (exact) mass is 468 g/mol. The fraction of sp³-hybridized carbons (Fsp3) is 0.200. The summed E-state index contributed by atoms with van der Waals surface area (Å²) in [5, 5.41) is 0. The molecule has 1 aliphatic rings. The molecule has 5 heteroatoms. The van der Waals surface area contributed by atoms with Crippen LogP contribution in [0.15, 0.2) is 121 Å². The van der Waals surface area contributed by atoms with Crippen molar-refractivity contribution in [3.05, 3.63) is 121 Å². The molecule has 5 nitrogen and oxygen atoms in total. The van der Waals surface area contributed by atoms with E-state index in [4.69, 9.17) is 23.7 Å². The number of ether oxygens (including phenoxy) is 5. The molecule has 1 aliphatic heterocycles. The summed E-state index contributed by atoms with van der Waals surface area (Å²) in [6.07, 6.45) is -1.70. The van der Waals surface area contributed by atoms with Gasteiger partial charge in [0, 0.05) is 0 Å². The average molecular weight is 469 g/mol. The standard InChI is InChI=1S/C30H28O5/c1-5-13-23(14-6-1)31-21-27-29(34-25-17-9-3-10-18-25)30(35-26-19-11-4-12-20-26)28(22-32-27)33-24-15-7-2-8-16-24/h1-20,27-30H,21-22H2/t27-,28+,29-,30-/m1/s1. The lowest BCUT2D eigenvalue weighted by Crippen LogP contribution is -2.61. The van der Waals surface area contributed by atoms with Crippen LogP contribution in [-0.4, -0.2) is 37.6 Å². The van der Waals surface area contributed by atoms with Gasteiger partial charge in [0.2, 0.25) is 0 Å². The van der Waals surface area contributed by atoms with Crippen molar-refractivity contribution in [1.82, 2.24) is 0 Å². The van der Waals surface area contributed by atoms with Crippen LogP contribution in [0.4, 0.5) is 0 Å². The molecule has 0 bridgehead atoms. The maximum Gasteiger partial charge on any atom is 0.177 e. The number of para-hydroxylation sites is 4. The lowest BCUT2D eigenvalue weighted by molar-refractivity contribution is -0.170. The summed E-state index contributed by atoms with van der Waals surface area (Å²) in [7, 11) is 0. The first-order chi connectivity index (χ1) is 17.3. The van der Waals surface area contributed by atoms with E-state index in [1.165, 1.54) is 0 Å². The summed E-state index contributed by atoms with van der Waals surface area (Å²) in [5.41, 5.74) is 0. The number of hydrogen-bond donors (Lipinski definition) is 0. The zero-order chi connectivity index (χ0) is 23.7. The molecule has 0 aliphatic carbocycles. The van der Waals surface area contributed by atoms with Gasteiger partial charge < -0.3 is 23.7 Å². The van der Waals surface area contributed by atoms with Gasteiger partial charge in [0.05, 0.1) is 6.61 Å². The predicted molar refractivity (Wildman–Crippen MR) is 134 cm³/mol. The zero-order valence-electron chi connectivity index (χ0n) is 19.3. The van der Waals surface area contributed by atoms with Crippen LogP contribution < -0.4 is 18.9 Å². The Hall–Kier alpha value is -3.96. The van der Waals surface area contributed by atoms with Crippen molar-refractivity contribution >= 4 is 0 Å². The Morgan fingerprint density at radius 3 is 1.46 bits per heavy atom. The highest BCUT2D eigenvalue weighted by molar-refractivity contribution is 5.26. The third kappa shape index (κ3) is 6.14. The molecule has 0 N–H and O–H groups in total. The summed E-state index contributed by atoms with van der Waals surface area (Å²) < 4.78 is 31.7. The molecular formula is C30H28O5. The van der Waals surface area contributed by atoms with Crippen LogP contribution in [0.2, 0.25) is 0 Å². The molecule has 4 atom stereocenters. The van der Waals surface area contributed by atoms with E-state index in [0.717, 1.165) is 23.0 Å². The van der Waals surface area contributed by atoms with Gasteiger partial charge in [0.1, 0.15) is 35.7 Å². The van der Waals surface area contributed by atoms with Crippen molar-refractivity contribution in [2.24, 2.45) is 0 Å². The Labute approximate surface area is 205 Å². The van der Waals surface area contributed by atoms with Gasteiger partial charge in [-0.25, -0.2) is 0 Å². The van der Waals surface area contributed by atoms with Crippen LogP contribution in [0, 0.1) is 0 Å². The van der Waals surface area contributed by atoms with Gasteiger partial charge in [-0.3, -0.25) is 0 Å². The maximum absolute atomic E-state index is 6.52. The Morgan fingerprint density at radius 1 is 0.514 bits per heavy atom. The summed E-state index contributed by atoms with van der Waals surface area (Å²) in [6, 6.07) is 38.8. The average Bonchev–Trinajstić information content (AvgIpc) is 2.92. The fourth-order valence-corrected chi connectivity index (χ4v) is 4.04. The Balaban J connectivity index is 1.43. The van der Waals surface area contributed by atoms with E-state index in [-0.39, 0.29) is 12.2 Å². The molecule has 4 aromatic carbocycles. The van der Waals surface area contributed by atoms with Gasteiger partial charge in [-0.1, -0.05) is 72.8 Å². The highest BCUT2D eigenvalue weighted by Gasteiger charge is 2.46. The molecule has 1 fully saturated rings. The maximum atomic E-state index is 6.52. The molecule has 0 radical (unpaired) electrons. The first-order valence-corrected chi connectivity index (χ1v) is 11.8. The molecule has 1 heterocycles. The topological polar surface area (TPSA) is 46.2 Å². The van der Waals surface area contributed by atoms with Crippen LogP contribution in [0.5, 0.6) is 23.0 Å². The summed E-state index contributed by atoms with van der Waals surface area (Å²) in [6.45, 7) is 0.651. The number of hydrogen-bond acceptors (Lipinski definition) is 5. The normalized spacial score (nSPS) is 21.6. The molecule has 5 rings (SSSR count). The van der Waals surface area contributed by atoms with Crippen molar-refractivity contribution in [3.63, 3.8) is 0 Å². The van der Waals surface area contributed by atoms with E-state index in [0.29, 0.717) is 13.2 Å². The Bertz CT molecular complexity index is 1140. The number of benzene rings is 4. The van der Waals surface area contributed by atoms with E-state index >= 15 is 0 Å².